The first-order chi connectivity index (χ1) is 13.3. The number of aryl methyl sites for hydroxylation is 1. The van der Waals surface area contributed by atoms with Crippen molar-refractivity contribution in [2.24, 2.45) is 0 Å². The van der Waals surface area contributed by atoms with Crippen molar-refractivity contribution in [1.82, 2.24) is 10.1 Å². The van der Waals surface area contributed by atoms with E-state index < -0.39 is 17.8 Å². The Morgan fingerprint density at radius 1 is 1.21 bits per heavy atom. The van der Waals surface area contributed by atoms with Crippen LogP contribution >= 0.6 is 0 Å². The number of hydrogen-bond acceptors (Lipinski definition) is 5. The highest BCUT2D eigenvalue weighted by molar-refractivity contribution is 6.04. The van der Waals surface area contributed by atoms with Gasteiger partial charge in [0.25, 0.3) is 5.91 Å². The van der Waals surface area contributed by atoms with Crippen LogP contribution in [-0.2, 0) is 12.6 Å². The van der Waals surface area contributed by atoms with Crippen molar-refractivity contribution in [3.8, 4) is 17.1 Å². The number of halogens is 3. The van der Waals surface area contributed by atoms with Crippen LogP contribution in [0.1, 0.15) is 28.7 Å². The number of nitrogens with one attached hydrogen (secondary N) is 1. The Morgan fingerprint density at radius 2 is 1.93 bits per heavy atom. The molecule has 0 fully saturated rings. The van der Waals surface area contributed by atoms with Gasteiger partial charge >= 0.3 is 6.18 Å². The number of pyridine rings is 1. The molecule has 0 saturated carbocycles. The van der Waals surface area contributed by atoms with Crippen molar-refractivity contribution >= 4 is 11.6 Å². The topological polar surface area (TPSA) is 77.2 Å². The summed E-state index contributed by atoms with van der Waals surface area (Å²) in [6.07, 6.45) is -2.85. The summed E-state index contributed by atoms with van der Waals surface area (Å²) in [7, 11) is 1.19. The van der Waals surface area contributed by atoms with Crippen molar-refractivity contribution in [1.29, 1.82) is 0 Å². The standard InChI is InChI=1S/C19H16F3N3O3/c1-3-11-4-6-12(7-5-11)15-8-13(25-28-15)18(26)24-14-10-23-17(19(20,21)22)9-16(14)27-2/h4-10H,3H2,1-2H3,(H,24,26). The second kappa shape index (κ2) is 7.71. The maximum absolute atomic E-state index is 12.7. The molecule has 0 saturated heterocycles. The number of alkyl halides is 3. The normalized spacial score (nSPS) is 11.3. The Bertz CT molecular complexity index is 982. The first-order valence-corrected chi connectivity index (χ1v) is 8.30. The third kappa shape index (κ3) is 4.13. The average molecular weight is 391 g/mol. The lowest BCUT2D eigenvalue weighted by Gasteiger charge is -2.11. The zero-order valence-electron chi connectivity index (χ0n) is 15.0. The van der Waals surface area contributed by atoms with Gasteiger partial charge in [-0.05, 0) is 12.0 Å². The quantitative estimate of drug-likeness (QED) is 0.689. The number of aromatic nitrogens is 2. The van der Waals surface area contributed by atoms with Gasteiger partial charge in [-0.1, -0.05) is 36.3 Å². The molecule has 1 amide bonds. The lowest BCUT2D eigenvalue weighted by molar-refractivity contribution is -0.141. The number of carbonyl (C=O) groups excluding carboxylic acids is 1. The Balaban J connectivity index is 1.79. The van der Waals surface area contributed by atoms with E-state index in [0.717, 1.165) is 23.7 Å². The number of benzene rings is 1. The van der Waals surface area contributed by atoms with Crippen LogP contribution in [0.15, 0.2) is 47.1 Å². The average Bonchev–Trinajstić information content (AvgIpc) is 3.18. The Kier molecular flexibility index (Phi) is 5.34. The maximum Gasteiger partial charge on any atom is 0.433 e. The van der Waals surface area contributed by atoms with Gasteiger partial charge in [-0.25, -0.2) is 4.98 Å². The Hall–Kier alpha value is -3.36. The van der Waals surface area contributed by atoms with Gasteiger partial charge < -0.3 is 14.6 Å². The molecule has 146 valence electrons. The monoisotopic (exact) mass is 391 g/mol. The molecule has 0 spiro atoms. The fourth-order valence-corrected chi connectivity index (χ4v) is 2.46. The summed E-state index contributed by atoms with van der Waals surface area (Å²) in [4.78, 5) is 15.7. The summed E-state index contributed by atoms with van der Waals surface area (Å²) in [5.74, 6) is -0.445. The first-order valence-electron chi connectivity index (χ1n) is 8.30. The molecule has 0 aliphatic heterocycles. The third-order valence-electron chi connectivity index (χ3n) is 4.01. The number of carbonyl (C=O) groups is 1. The number of hydrogen-bond donors (Lipinski definition) is 1. The van der Waals surface area contributed by atoms with E-state index in [2.05, 4.69) is 15.5 Å². The number of amides is 1. The number of ether oxygens (including phenoxy) is 1. The SMILES string of the molecule is CCc1ccc(-c2cc(C(=O)Nc3cnc(C(F)(F)F)cc3OC)no2)cc1. The lowest BCUT2D eigenvalue weighted by Crippen LogP contribution is -2.15. The minimum absolute atomic E-state index is 0.0163. The minimum Gasteiger partial charge on any atom is -0.494 e. The van der Waals surface area contributed by atoms with E-state index in [9.17, 15) is 18.0 Å². The second-order valence-electron chi connectivity index (χ2n) is 5.85. The van der Waals surface area contributed by atoms with Crippen LogP contribution in [0.25, 0.3) is 11.3 Å². The van der Waals surface area contributed by atoms with Crippen LogP contribution in [-0.4, -0.2) is 23.2 Å². The van der Waals surface area contributed by atoms with E-state index >= 15 is 0 Å². The zero-order valence-corrected chi connectivity index (χ0v) is 15.0. The summed E-state index contributed by atoms with van der Waals surface area (Å²) in [6.45, 7) is 2.04. The molecule has 0 atom stereocenters. The van der Waals surface area contributed by atoms with Gasteiger partial charge in [0.2, 0.25) is 0 Å². The summed E-state index contributed by atoms with van der Waals surface area (Å²) >= 11 is 0. The highest BCUT2D eigenvalue weighted by atomic mass is 19.4. The van der Waals surface area contributed by atoms with E-state index in [4.69, 9.17) is 9.26 Å². The molecule has 3 rings (SSSR count). The molecule has 1 aromatic carbocycles. The molecular formula is C19H16F3N3O3. The van der Waals surface area contributed by atoms with Gasteiger partial charge in [-0.3, -0.25) is 4.79 Å². The predicted octanol–water partition coefficient (Wildman–Crippen LogP) is 4.58. The smallest absolute Gasteiger partial charge is 0.433 e. The molecule has 6 nitrogen and oxygen atoms in total. The summed E-state index contributed by atoms with van der Waals surface area (Å²) < 4.78 is 48.4. The fraction of sp³-hybridized carbons (Fsp3) is 0.211. The molecule has 9 heteroatoms. The van der Waals surface area contributed by atoms with E-state index in [0.29, 0.717) is 11.8 Å². The lowest BCUT2D eigenvalue weighted by atomic mass is 10.1. The van der Waals surface area contributed by atoms with Crippen molar-refractivity contribution < 1.29 is 27.2 Å². The third-order valence-corrected chi connectivity index (χ3v) is 4.01. The molecule has 0 radical (unpaired) electrons. The van der Waals surface area contributed by atoms with Gasteiger partial charge in [-0.15, -0.1) is 0 Å². The highest BCUT2D eigenvalue weighted by Gasteiger charge is 2.33. The number of rotatable bonds is 5. The zero-order chi connectivity index (χ0) is 20.3. The van der Waals surface area contributed by atoms with Crippen LogP contribution in [0.4, 0.5) is 18.9 Å². The second-order valence-corrected chi connectivity index (χ2v) is 5.85. The van der Waals surface area contributed by atoms with E-state index in [1.165, 1.54) is 13.2 Å². The van der Waals surface area contributed by atoms with Crippen LogP contribution < -0.4 is 10.1 Å². The van der Waals surface area contributed by atoms with Gasteiger partial charge in [0.1, 0.15) is 17.1 Å². The molecule has 28 heavy (non-hydrogen) atoms. The molecule has 2 aromatic heterocycles. The summed E-state index contributed by atoms with van der Waals surface area (Å²) in [5.41, 5.74) is 0.733. The van der Waals surface area contributed by atoms with Crippen molar-refractivity contribution in [2.45, 2.75) is 19.5 Å². The van der Waals surface area contributed by atoms with Crippen molar-refractivity contribution in [3.05, 3.63) is 59.5 Å². The molecule has 0 unspecified atom stereocenters. The summed E-state index contributed by atoms with van der Waals surface area (Å²) in [5, 5.41) is 6.14. The predicted molar refractivity (Wildman–Crippen MR) is 95.1 cm³/mol. The van der Waals surface area contributed by atoms with Crippen LogP contribution in [0, 0.1) is 0 Å². The van der Waals surface area contributed by atoms with E-state index in [-0.39, 0.29) is 17.1 Å². The van der Waals surface area contributed by atoms with E-state index in [1.54, 1.807) is 0 Å². The van der Waals surface area contributed by atoms with Crippen LogP contribution in [0.5, 0.6) is 5.75 Å². The largest absolute Gasteiger partial charge is 0.494 e. The molecule has 0 bridgehead atoms. The van der Waals surface area contributed by atoms with Gasteiger partial charge in [0, 0.05) is 17.7 Å². The van der Waals surface area contributed by atoms with Gasteiger partial charge in [0.15, 0.2) is 11.5 Å². The van der Waals surface area contributed by atoms with Gasteiger partial charge in [-0.2, -0.15) is 13.2 Å². The number of methoxy groups -OCH3 is 1. The molecule has 0 aliphatic rings. The van der Waals surface area contributed by atoms with Crippen LogP contribution in [0.2, 0.25) is 0 Å². The molecule has 3 aromatic rings. The molecule has 0 aliphatic carbocycles. The summed E-state index contributed by atoms with van der Waals surface area (Å²) in [6, 6.07) is 9.74. The molecular weight excluding hydrogens is 375 g/mol. The molecule has 2 heterocycles. The maximum atomic E-state index is 12.7. The Morgan fingerprint density at radius 3 is 2.54 bits per heavy atom. The van der Waals surface area contributed by atoms with Crippen LogP contribution in [0.3, 0.4) is 0 Å². The minimum atomic E-state index is -4.62. The van der Waals surface area contributed by atoms with Crippen molar-refractivity contribution in [3.63, 3.8) is 0 Å². The van der Waals surface area contributed by atoms with Crippen molar-refractivity contribution in [2.75, 3.05) is 12.4 Å². The molecule has 1 N–H and O–H groups in total. The highest BCUT2D eigenvalue weighted by Crippen LogP contribution is 2.33. The first kappa shape index (κ1) is 19.4. The Labute approximate surface area is 158 Å². The van der Waals surface area contributed by atoms with E-state index in [1.807, 2.05) is 31.2 Å². The number of anilines is 1. The van der Waals surface area contributed by atoms with Gasteiger partial charge in [0.05, 0.1) is 13.3 Å². The number of nitrogens with zero attached hydrogens (tertiary/aromatic N) is 2. The fourth-order valence-electron chi connectivity index (χ4n) is 2.46.